The van der Waals surface area contributed by atoms with E-state index in [1.54, 1.807) is 0 Å². The predicted octanol–water partition coefficient (Wildman–Crippen LogP) is 3.58. The average Bonchev–Trinajstić information content (AvgIpc) is 2.47. The molecule has 1 aliphatic heterocycles. The second-order valence-corrected chi connectivity index (χ2v) is 5.67. The third kappa shape index (κ3) is 2.97. The van der Waals surface area contributed by atoms with Crippen molar-refractivity contribution in [2.75, 3.05) is 25.1 Å². The first-order valence-electron chi connectivity index (χ1n) is 7.30. The molecule has 0 bridgehead atoms. The number of aryl methyl sites for hydroxylation is 2. The van der Waals surface area contributed by atoms with Crippen molar-refractivity contribution >= 4 is 5.69 Å². The van der Waals surface area contributed by atoms with Crippen LogP contribution in [0.15, 0.2) is 42.5 Å². The molecule has 2 aromatic carbocycles. The van der Waals surface area contributed by atoms with E-state index in [1.807, 2.05) is 30.3 Å². The highest BCUT2D eigenvalue weighted by atomic mass is 16.5. The maximum atomic E-state index is 6.14. The van der Waals surface area contributed by atoms with Crippen molar-refractivity contribution in [3.05, 3.63) is 53.6 Å². The summed E-state index contributed by atoms with van der Waals surface area (Å²) in [5.74, 6) is 1.87. The van der Waals surface area contributed by atoms with Crippen LogP contribution >= 0.6 is 0 Å². The van der Waals surface area contributed by atoms with Gasteiger partial charge in [0, 0.05) is 7.05 Å². The number of rotatable bonds is 3. The van der Waals surface area contributed by atoms with Gasteiger partial charge in [-0.05, 0) is 43.2 Å². The molecule has 0 amide bonds. The van der Waals surface area contributed by atoms with Gasteiger partial charge in [-0.25, -0.2) is 0 Å². The van der Waals surface area contributed by atoms with E-state index in [9.17, 15) is 0 Å². The summed E-state index contributed by atoms with van der Waals surface area (Å²) in [5, 5.41) is 0. The van der Waals surface area contributed by atoms with Crippen molar-refractivity contribution in [1.29, 1.82) is 0 Å². The van der Waals surface area contributed by atoms with E-state index in [-0.39, 0.29) is 6.10 Å². The van der Waals surface area contributed by atoms with E-state index >= 15 is 0 Å². The number of hydrogen-bond acceptors (Lipinski definition) is 3. The molecular weight excluding hydrogens is 262 g/mol. The number of fused-ring (bicyclic) bond motifs is 1. The Balaban J connectivity index is 1.73. The minimum absolute atomic E-state index is 0.0455. The Morgan fingerprint density at radius 3 is 2.71 bits per heavy atom. The van der Waals surface area contributed by atoms with Gasteiger partial charge in [-0.2, -0.15) is 0 Å². The number of anilines is 1. The predicted molar refractivity (Wildman–Crippen MR) is 85.5 cm³/mol. The molecule has 0 N–H and O–H groups in total. The van der Waals surface area contributed by atoms with E-state index in [0.29, 0.717) is 6.61 Å². The van der Waals surface area contributed by atoms with E-state index in [1.165, 1.54) is 16.8 Å². The molecule has 0 saturated carbocycles. The fraction of sp³-hybridized carbons (Fsp3) is 0.333. The zero-order valence-corrected chi connectivity index (χ0v) is 12.8. The van der Waals surface area contributed by atoms with Crippen LogP contribution in [0.25, 0.3) is 0 Å². The molecule has 0 aliphatic carbocycles. The number of para-hydroxylation sites is 1. The van der Waals surface area contributed by atoms with E-state index in [2.05, 4.69) is 37.9 Å². The lowest BCUT2D eigenvalue weighted by molar-refractivity contribution is 0.125. The molecule has 2 aromatic rings. The first kappa shape index (κ1) is 13.8. The van der Waals surface area contributed by atoms with Gasteiger partial charge in [0.1, 0.15) is 18.1 Å². The van der Waals surface area contributed by atoms with Gasteiger partial charge in [-0.15, -0.1) is 0 Å². The highest BCUT2D eigenvalue weighted by Gasteiger charge is 2.25. The quantitative estimate of drug-likeness (QED) is 0.859. The van der Waals surface area contributed by atoms with Gasteiger partial charge in [0.05, 0.1) is 12.2 Å². The zero-order valence-electron chi connectivity index (χ0n) is 12.8. The van der Waals surface area contributed by atoms with Crippen LogP contribution in [0.5, 0.6) is 11.5 Å². The normalized spacial score (nSPS) is 17.1. The molecule has 110 valence electrons. The molecule has 3 nitrogen and oxygen atoms in total. The van der Waals surface area contributed by atoms with Crippen molar-refractivity contribution < 1.29 is 9.47 Å². The summed E-state index contributed by atoms with van der Waals surface area (Å²) < 4.78 is 12.0. The van der Waals surface area contributed by atoms with Crippen LogP contribution < -0.4 is 14.4 Å². The molecule has 1 unspecified atom stereocenters. The second kappa shape index (κ2) is 5.68. The second-order valence-electron chi connectivity index (χ2n) is 5.67. The number of nitrogens with zero attached hydrogens (tertiary/aromatic N) is 1. The molecule has 0 saturated heterocycles. The summed E-state index contributed by atoms with van der Waals surface area (Å²) in [5.41, 5.74) is 3.62. The van der Waals surface area contributed by atoms with Crippen LogP contribution in [0.2, 0.25) is 0 Å². The van der Waals surface area contributed by atoms with Crippen molar-refractivity contribution in [1.82, 2.24) is 0 Å². The largest absolute Gasteiger partial charge is 0.490 e. The lowest BCUT2D eigenvalue weighted by atomic mass is 10.1. The molecule has 0 radical (unpaired) electrons. The summed E-state index contributed by atoms with van der Waals surface area (Å²) in [4.78, 5) is 2.25. The monoisotopic (exact) mass is 283 g/mol. The van der Waals surface area contributed by atoms with Crippen LogP contribution in [-0.2, 0) is 0 Å². The minimum Gasteiger partial charge on any atom is -0.490 e. The Bertz CT molecular complexity index is 625. The lowest BCUT2D eigenvalue weighted by Crippen LogP contribution is -2.41. The Morgan fingerprint density at radius 1 is 1.19 bits per heavy atom. The Labute approximate surface area is 126 Å². The van der Waals surface area contributed by atoms with Crippen LogP contribution in [0, 0.1) is 13.8 Å². The number of hydrogen-bond donors (Lipinski definition) is 0. The van der Waals surface area contributed by atoms with Crippen molar-refractivity contribution in [2.45, 2.75) is 20.0 Å². The van der Waals surface area contributed by atoms with Crippen LogP contribution in [0.3, 0.4) is 0 Å². The first-order valence-corrected chi connectivity index (χ1v) is 7.30. The lowest BCUT2D eigenvalue weighted by Gasteiger charge is -2.35. The van der Waals surface area contributed by atoms with Gasteiger partial charge >= 0.3 is 0 Å². The summed E-state index contributed by atoms with van der Waals surface area (Å²) in [6, 6.07) is 14.2. The van der Waals surface area contributed by atoms with Crippen LogP contribution in [0.1, 0.15) is 11.1 Å². The van der Waals surface area contributed by atoms with Crippen LogP contribution in [0.4, 0.5) is 5.69 Å². The molecule has 3 heteroatoms. The summed E-state index contributed by atoms with van der Waals surface area (Å²) >= 11 is 0. The third-order valence-corrected chi connectivity index (χ3v) is 3.75. The molecule has 3 rings (SSSR count). The van der Waals surface area contributed by atoms with Gasteiger partial charge in [-0.3, -0.25) is 0 Å². The van der Waals surface area contributed by atoms with E-state index < -0.39 is 0 Å². The molecular formula is C18H21NO2. The fourth-order valence-corrected chi connectivity index (χ4v) is 2.77. The van der Waals surface area contributed by atoms with Crippen LogP contribution in [-0.4, -0.2) is 26.3 Å². The van der Waals surface area contributed by atoms with Crippen molar-refractivity contribution in [3.63, 3.8) is 0 Å². The van der Waals surface area contributed by atoms with Gasteiger partial charge in [-0.1, -0.05) is 24.3 Å². The molecule has 1 aliphatic rings. The minimum atomic E-state index is 0.0455. The Hall–Kier alpha value is -2.16. The molecule has 1 heterocycles. The SMILES string of the molecule is Cc1cc(C)c2c(c1)N(C)CC(COc1ccccc1)O2. The van der Waals surface area contributed by atoms with Crippen molar-refractivity contribution in [3.8, 4) is 11.5 Å². The summed E-state index contributed by atoms with van der Waals surface area (Å²) in [7, 11) is 2.11. The highest BCUT2D eigenvalue weighted by molar-refractivity contribution is 5.64. The smallest absolute Gasteiger partial charge is 0.150 e. The molecule has 0 aromatic heterocycles. The number of benzene rings is 2. The highest BCUT2D eigenvalue weighted by Crippen LogP contribution is 2.36. The molecule has 21 heavy (non-hydrogen) atoms. The maximum Gasteiger partial charge on any atom is 0.150 e. The standard InChI is InChI=1S/C18H21NO2/c1-13-9-14(2)18-17(10-13)19(3)11-16(21-18)12-20-15-7-5-4-6-8-15/h4-10,16H,11-12H2,1-3H3. The molecule has 1 atom stereocenters. The molecule has 0 spiro atoms. The average molecular weight is 283 g/mol. The topological polar surface area (TPSA) is 21.7 Å². The van der Waals surface area contributed by atoms with Gasteiger partial charge in [0.2, 0.25) is 0 Å². The third-order valence-electron chi connectivity index (χ3n) is 3.75. The van der Waals surface area contributed by atoms with Gasteiger partial charge < -0.3 is 14.4 Å². The number of ether oxygens (including phenoxy) is 2. The Morgan fingerprint density at radius 2 is 1.95 bits per heavy atom. The first-order chi connectivity index (χ1) is 10.1. The molecule has 0 fully saturated rings. The van der Waals surface area contributed by atoms with Gasteiger partial charge in [0.25, 0.3) is 0 Å². The van der Waals surface area contributed by atoms with E-state index in [0.717, 1.165) is 18.0 Å². The fourth-order valence-electron chi connectivity index (χ4n) is 2.77. The number of likely N-dealkylation sites (N-methyl/N-ethyl adjacent to an activating group) is 1. The van der Waals surface area contributed by atoms with E-state index in [4.69, 9.17) is 9.47 Å². The zero-order chi connectivity index (χ0) is 14.8. The van der Waals surface area contributed by atoms with Crippen molar-refractivity contribution in [2.24, 2.45) is 0 Å². The summed E-state index contributed by atoms with van der Waals surface area (Å²) in [6.45, 7) is 5.61. The summed E-state index contributed by atoms with van der Waals surface area (Å²) in [6.07, 6.45) is 0.0455. The van der Waals surface area contributed by atoms with Gasteiger partial charge in [0.15, 0.2) is 6.10 Å². The Kier molecular flexibility index (Phi) is 3.74. The maximum absolute atomic E-state index is 6.14.